The van der Waals surface area contributed by atoms with Gasteiger partial charge in [0.05, 0.1) is 13.2 Å². The highest BCUT2D eigenvalue weighted by molar-refractivity contribution is 6.44. The van der Waals surface area contributed by atoms with E-state index in [2.05, 4.69) is 6.92 Å². The first-order valence-electron chi connectivity index (χ1n) is 3.96. The summed E-state index contributed by atoms with van der Waals surface area (Å²) in [5.74, 6) is 0. The minimum absolute atomic E-state index is 0.0894. The zero-order valence-electron chi connectivity index (χ0n) is 6.34. The van der Waals surface area contributed by atoms with Gasteiger partial charge in [0.25, 0.3) is 0 Å². The van der Waals surface area contributed by atoms with Crippen molar-refractivity contribution < 1.29 is 9.31 Å². The van der Waals surface area contributed by atoms with Gasteiger partial charge in [-0.1, -0.05) is 26.2 Å². The van der Waals surface area contributed by atoms with Gasteiger partial charge in [-0.15, -0.1) is 0 Å². The van der Waals surface area contributed by atoms with Gasteiger partial charge in [-0.2, -0.15) is 0 Å². The molecule has 0 aromatic rings. The summed E-state index contributed by atoms with van der Waals surface area (Å²) in [5, 5.41) is 0. The lowest BCUT2D eigenvalue weighted by atomic mass is 9.83. The third-order valence-electron chi connectivity index (χ3n) is 1.63. The van der Waals surface area contributed by atoms with E-state index < -0.39 is 0 Å². The van der Waals surface area contributed by atoms with E-state index in [4.69, 9.17) is 9.31 Å². The molecule has 1 fully saturated rings. The highest BCUT2D eigenvalue weighted by Crippen LogP contribution is 2.09. The summed E-state index contributed by atoms with van der Waals surface area (Å²) in [7, 11) is 0.0894. The van der Waals surface area contributed by atoms with Crippen LogP contribution in [0.4, 0.5) is 0 Å². The summed E-state index contributed by atoms with van der Waals surface area (Å²) in [6, 6.07) is 0. The van der Waals surface area contributed by atoms with Crippen LogP contribution < -0.4 is 0 Å². The van der Waals surface area contributed by atoms with Crippen molar-refractivity contribution in [3.63, 3.8) is 0 Å². The molecule has 3 heteroatoms. The molecule has 0 spiro atoms. The van der Waals surface area contributed by atoms with E-state index in [1.54, 1.807) is 0 Å². The molecule has 0 aliphatic carbocycles. The molecule has 0 unspecified atom stereocenters. The van der Waals surface area contributed by atoms with Crippen LogP contribution in [0.15, 0.2) is 0 Å². The predicted octanol–water partition coefficient (Wildman–Crippen LogP) is 1.53. The van der Waals surface area contributed by atoms with E-state index in [-0.39, 0.29) is 7.12 Å². The van der Waals surface area contributed by atoms with Crippen LogP contribution >= 0.6 is 0 Å². The van der Waals surface area contributed by atoms with Gasteiger partial charge in [-0.05, 0) is 6.32 Å². The SMILES string of the molecule is [CH2]CCCCB1OCCO1. The van der Waals surface area contributed by atoms with E-state index in [1.807, 2.05) is 0 Å². The Morgan fingerprint density at radius 2 is 1.90 bits per heavy atom. The molecule has 0 bridgehead atoms. The maximum Gasteiger partial charge on any atom is 0.457 e. The molecule has 1 aliphatic heterocycles. The molecule has 1 aliphatic rings. The number of hydrogen-bond donors (Lipinski definition) is 0. The average Bonchev–Trinajstić information content (AvgIpc) is 2.41. The van der Waals surface area contributed by atoms with E-state index >= 15 is 0 Å². The molecule has 0 amide bonds. The fourth-order valence-electron chi connectivity index (χ4n) is 1.06. The van der Waals surface area contributed by atoms with E-state index in [1.165, 1.54) is 12.8 Å². The van der Waals surface area contributed by atoms with Gasteiger partial charge < -0.3 is 9.31 Å². The summed E-state index contributed by atoms with van der Waals surface area (Å²) < 4.78 is 10.5. The molecule has 0 atom stereocenters. The van der Waals surface area contributed by atoms with Crippen molar-refractivity contribution in [3.8, 4) is 0 Å². The fraction of sp³-hybridized carbons (Fsp3) is 0.857. The molecule has 57 valence electrons. The van der Waals surface area contributed by atoms with Crippen molar-refractivity contribution in [3.05, 3.63) is 6.92 Å². The van der Waals surface area contributed by atoms with Crippen LogP contribution in [-0.2, 0) is 9.31 Å². The number of unbranched alkanes of at least 4 members (excludes halogenated alkanes) is 2. The van der Waals surface area contributed by atoms with Crippen LogP contribution in [0.2, 0.25) is 6.32 Å². The van der Waals surface area contributed by atoms with Gasteiger partial charge in [0.1, 0.15) is 0 Å². The summed E-state index contributed by atoms with van der Waals surface area (Å²) in [6.45, 7) is 5.31. The minimum Gasteiger partial charge on any atom is -0.409 e. The first kappa shape index (κ1) is 8.09. The maximum absolute atomic E-state index is 5.26. The van der Waals surface area contributed by atoms with Crippen LogP contribution in [0.5, 0.6) is 0 Å². The van der Waals surface area contributed by atoms with Gasteiger partial charge in [0.2, 0.25) is 0 Å². The number of rotatable bonds is 4. The van der Waals surface area contributed by atoms with Crippen molar-refractivity contribution in [1.29, 1.82) is 0 Å². The van der Waals surface area contributed by atoms with Crippen LogP contribution in [0.25, 0.3) is 0 Å². The molecule has 0 aromatic heterocycles. The molecule has 2 nitrogen and oxygen atoms in total. The smallest absolute Gasteiger partial charge is 0.409 e. The molecular weight excluding hydrogens is 127 g/mol. The van der Waals surface area contributed by atoms with Crippen LogP contribution in [0, 0.1) is 6.92 Å². The molecule has 1 heterocycles. The second-order valence-corrected chi connectivity index (χ2v) is 2.52. The summed E-state index contributed by atoms with van der Waals surface area (Å²) in [4.78, 5) is 0. The van der Waals surface area contributed by atoms with Crippen molar-refractivity contribution >= 4 is 7.12 Å². The van der Waals surface area contributed by atoms with Crippen LogP contribution in [0.1, 0.15) is 19.3 Å². The van der Waals surface area contributed by atoms with Crippen molar-refractivity contribution in [2.45, 2.75) is 25.6 Å². The quantitative estimate of drug-likeness (QED) is 0.436. The summed E-state index contributed by atoms with van der Waals surface area (Å²) in [6.07, 6.45) is 4.42. The molecule has 0 saturated carbocycles. The Labute approximate surface area is 63.0 Å². The summed E-state index contributed by atoms with van der Waals surface area (Å²) in [5.41, 5.74) is 0. The Bertz CT molecular complexity index is 81.7. The van der Waals surface area contributed by atoms with Gasteiger partial charge >= 0.3 is 7.12 Å². The van der Waals surface area contributed by atoms with Gasteiger partial charge in [0.15, 0.2) is 0 Å². The monoisotopic (exact) mass is 141 g/mol. The maximum atomic E-state index is 5.26. The summed E-state index contributed by atoms with van der Waals surface area (Å²) >= 11 is 0. The van der Waals surface area contributed by atoms with E-state index in [9.17, 15) is 0 Å². The first-order chi connectivity index (χ1) is 4.93. The second kappa shape index (κ2) is 4.75. The van der Waals surface area contributed by atoms with Crippen LogP contribution in [-0.4, -0.2) is 20.3 Å². The second-order valence-electron chi connectivity index (χ2n) is 2.52. The van der Waals surface area contributed by atoms with Crippen LogP contribution in [0.3, 0.4) is 0 Å². The Morgan fingerprint density at radius 1 is 1.20 bits per heavy atom. The van der Waals surface area contributed by atoms with Gasteiger partial charge in [-0.25, -0.2) is 0 Å². The van der Waals surface area contributed by atoms with Gasteiger partial charge in [0, 0.05) is 0 Å². The first-order valence-corrected chi connectivity index (χ1v) is 3.96. The lowest BCUT2D eigenvalue weighted by Crippen LogP contribution is -2.12. The Kier molecular flexibility index (Phi) is 3.84. The van der Waals surface area contributed by atoms with Crippen molar-refractivity contribution in [2.24, 2.45) is 0 Å². The predicted molar refractivity (Wildman–Crippen MR) is 41.7 cm³/mol. The van der Waals surface area contributed by atoms with E-state index in [0.717, 1.165) is 26.0 Å². The molecule has 1 radical (unpaired) electrons. The highest BCUT2D eigenvalue weighted by atomic mass is 16.6. The minimum atomic E-state index is 0.0894. The number of hydrogen-bond acceptors (Lipinski definition) is 2. The lowest BCUT2D eigenvalue weighted by molar-refractivity contribution is 0.365. The Hall–Kier alpha value is -0.0151. The van der Waals surface area contributed by atoms with Crippen molar-refractivity contribution in [2.75, 3.05) is 13.2 Å². The van der Waals surface area contributed by atoms with Gasteiger partial charge in [-0.3, -0.25) is 0 Å². The normalized spacial score (nSPS) is 18.3. The average molecular weight is 141 g/mol. The zero-order valence-corrected chi connectivity index (χ0v) is 6.34. The standard InChI is InChI=1S/C7H14BO2/c1-2-3-4-5-8-9-6-7-10-8/h1-7H2. The molecular formula is C7H14BO2. The molecule has 10 heavy (non-hydrogen) atoms. The van der Waals surface area contributed by atoms with E-state index in [0.29, 0.717) is 0 Å². The largest absolute Gasteiger partial charge is 0.457 e. The molecule has 1 rings (SSSR count). The molecule has 0 aromatic carbocycles. The third kappa shape index (κ3) is 2.71. The lowest BCUT2D eigenvalue weighted by Gasteiger charge is -2.01. The zero-order chi connectivity index (χ0) is 7.23. The molecule has 0 N–H and O–H groups in total. The highest BCUT2D eigenvalue weighted by Gasteiger charge is 2.21. The Morgan fingerprint density at radius 3 is 2.50 bits per heavy atom. The third-order valence-corrected chi connectivity index (χ3v) is 1.63. The molecule has 1 saturated heterocycles. The Balaban J connectivity index is 1.91. The topological polar surface area (TPSA) is 18.5 Å². The van der Waals surface area contributed by atoms with Crippen molar-refractivity contribution in [1.82, 2.24) is 0 Å². The fourth-order valence-corrected chi connectivity index (χ4v) is 1.06.